The summed E-state index contributed by atoms with van der Waals surface area (Å²) in [5.41, 5.74) is 0. The number of fused-ring (bicyclic) bond motifs is 1. The van der Waals surface area contributed by atoms with E-state index in [9.17, 15) is 10.2 Å². The van der Waals surface area contributed by atoms with Crippen molar-refractivity contribution in [3.05, 3.63) is 0 Å². The van der Waals surface area contributed by atoms with Crippen LogP contribution in [0.3, 0.4) is 0 Å². The predicted octanol–water partition coefficient (Wildman–Crippen LogP) is -1.00. The molecule has 96 valence electrons. The molecule has 2 saturated heterocycles. The summed E-state index contributed by atoms with van der Waals surface area (Å²) in [5, 5.41) is 27.9. The van der Waals surface area contributed by atoms with Gasteiger partial charge in [-0.3, -0.25) is 0 Å². The van der Waals surface area contributed by atoms with Gasteiger partial charge >= 0.3 is 0 Å². The number of hydrogen-bond donors (Lipinski definition) is 3. The quantitative estimate of drug-likeness (QED) is 0.587. The molecule has 0 saturated carbocycles. The van der Waals surface area contributed by atoms with Crippen LogP contribution < -0.4 is 0 Å². The zero-order chi connectivity index (χ0) is 11.2. The van der Waals surface area contributed by atoms with E-state index >= 15 is 0 Å². The molecule has 0 aliphatic carbocycles. The zero-order valence-corrected chi connectivity index (χ0v) is 9.88. The molecular formula is C9H17ClO6. The first kappa shape index (κ1) is 14.1. The van der Waals surface area contributed by atoms with Gasteiger partial charge in [-0.05, 0) is 13.8 Å². The van der Waals surface area contributed by atoms with Crippen molar-refractivity contribution in [1.82, 2.24) is 0 Å². The maximum absolute atomic E-state index is 9.79. The molecule has 2 heterocycles. The van der Waals surface area contributed by atoms with Gasteiger partial charge in [-0.15, -0.1) is 12.4 Å². The first-order chi connectivity index (χ1) is 6.94. The van der Waals surface area contributed by atoms with Gasteiger partial charge in [0.15, 0.2) is 12.1 Å². The van der Waals surface area contributed by atoms with Gasteiger partial charge in [0.05, 0.1) is 6.61 Å². The third-order valence-corrected chi connectivity index (χ3v) is 2.62. The number of rotatable bonds is 2. The fraction of sp³-hybridized carbons (Fsp3) is 1.00. The summed E-state index contributed by atoms with van der Waals surface area (Å²) in [4.78, 5) is 0. The lowest BCUT2D eigenvalue weighted by Crippen LogP contribution is -2.42. The fourth-order valence-corrected chi connectivity index (χ4v) is 1.94. The molecule has 6 nitrogen and oxygen atoms in total. The summed E-state index contributed by atoms with van der Waals surface area (Å²) in [6.07, 6.45) is -4.26. The van der Waals surface area contributed by atoms with Gasteiger partial charge in [0.25, 0.3) is 0 Å². The third-order valence-electron chi connectivity index (χ3n) is 2.62. The number of halogens is 1. The Morgan fingerprint density at radius 2 is 1.94 bits per heavy atom. The van der Waals surface area contributed by atoms with E-state index in [2.05, 4.69) is 0 Å². The van der Waals surface area contributed by atoms with Crippen LogP contribution in [0.5, 0.6) is 0 Å². The first-order valence-electron chi connectivity index (χ1n) is 4.93. The Hall–Kier alpha value is 0.0500. The highest BCUT2D eigenvalue weighted by Gasteiger charge is 2.55. The maximum Gasteiger partial charge on any atom is 0.190 e. The highest BCUT2D eigenvalue weighted by atomic mass is 35.5. The molecule has 2 aliphatic heterocycles. The van der Waals surface area contributed by atoms with Crippen LogP contribution in [0.1, 0.15) is 13.8 Å². The van der Waals surface area contributed by atoms with Crippen LogP contribution in [-0.2, 0) is 14.2 Å². The SMILES string of the molecule is CC1(C)O[C@H]2O[C@@H]([C@H](O)CO)[C@H](O)[C@H]2O1.Cl. The van der Waals surface area contributed by atoms with Crippen LogP contribution in [-0.4, -0.2) is 58.4 Å². The van der Waals surface area contributed by atoms with Gasteiger partial charge in [-0.1, -0.05) is 0 Å². The summed E-state index contributed by atoms with van der Waals surface area (Å²) in [6.45, 7) is 2.97. The van der Waals surface area contributed by atoms with Crippen LogP contribution in [0.4, 0.5) is 0 Å². The lowest BCUT2D eigenvalue weighted by molar-refractivity contribution is -0.227. The second-order valence-electron chi connectivity index (χ2n) is 4.31. The molecule has 5 atom stereocenters. The molecule has 0 radical (unpaired) electrons. The molecule has 0 aromatic heterocycles. The van der Waals surface area contributed by atoms with Crippen molar-refractivity contribution in [3.63, 3.8) is 0 Å². The highest BCUT2D eigenvalue weighted by molar-refractivity contribution is 5.85. The monoisotopic (exact) mass is 256 g/mol. The van der Waals surface area contributed by atoms with E-state index in [1.54, 1.807) is 13.8 Å². The molecule has 16 heavy (non-hydrogen) atoms. The summed E-state index contributed by atoms with van der Waals surface area (Å²) >= 11 is 0. The molecule has 2 rings (SSSR count). The minimum absolute atomic E-state index is 0. The van der Waals surface area contributed by atoms with Gasteiger partial charge < -0.3 is 29.5 Å². The average molecular weight is 257 g/mol. The first-order valence-corrected chi connectivity index (χ1v) is 4.93. The molecular weight excluding hydrogens is 240 g/mol. The van der Waals surface area contributed by atoms with Crippen molar-refractivity contribution in [2.75, 3.05) is 6.61 Å². The Bertz CT molecular complexity index is 248. The third kappa shape index (κ3) is 2.33. The van der Waals surface area contributed by atoms with Crippen molar-refractivity contribution in [2.45, 2.75) is 50.3 Å². The van der Waals surface area contributed by atoms with Gasteiger partial charge in [0.2, 0.25) is 0 Å². The maximum atomic E-state index is 9.79. The topological polar surface area (TPSA) is 88.4 Å². The van der Waals surface area contributed by atoms with Gasteiger partial charge in [-0.25, -0.2) is 0 Å². The van der Waals surface area contributed by atoms with Crippen molar-refractivity contribution in [2.24, 2.45) is 0 Å². The average Bonchev–Trinajstić information content (AvgIpc) is 2.60. The van der Waals surface area contributed by atoms with Crippen molar-refractivity contribution in [1.29, 1.82) is 0 Å². The van der Waals surface area contributed by atoms with Gasteiger partial charge in [0.1, 0.15) is 24.4 Å². The van der Waals surface area contributed by atoms with Crippen molar-refractivity contribution in [3.8, 4) is 0 Å². The van der Waals surface area contributed by atoms with E-state index < -0.39 is 43.1 Å². The Balaban J connectivity index is 0.00000128. The molecule has 0 aromatic rings. The molecule has 0 unspecified atom stereocenters. The zero-order valence-electron chi connectivity index (χ0n) is 9.07. The van der Waals surface area contributed by atoms with Crippen LogP contribution in [0.2, 0.25) is 0 Å². The molecule has 0 aromatic carbocycles. The Morgan fingerprint density at radius 1 is 1.31 bits per heavy atom. The number of ether oxygens (including phenoxy) is 3. The minimum atomic E-state index is -1.12. The molecule has 0 spiro atoms. The van der Waals surface area contributed by atoms with E-state index in [-0.39, 0.29) is 12.4 Å². The largest absolute Gasteiger partial charge is 0.394 e. The van der Waals surface area contributed by atoms with Crippen LogP contribution in [0.15, 0.2) is 0 Å². The Kier molecular flexibility index (Phi) is 4.18. The van der Waals surface area contributed by atoms with E-state index in [0.29, 0.717) is 0 Å². The van der Waals surface area contributed by atoms with E-state index in [0.717, 1.165) is 0 Å². The molecule has 0 amide bonds. The molecule has 2 fully saturated rings. The van der Waals surface area contributed by atoms with Crippen LogP contribution >= 0.6 is 12.4 Å². The second kappa shape index (κ2) is 4.73. The molecule has 2 aliphatic rings. The lowest BCUT2D eigenvalue weighted by Gasteiger charge is -2.24. The fourth-order valence-electron chi connectivity index (χ4n) is 1.94. The summed E-state index contributed by atoms with van der Waals surface area (Å²) in [6, 6.07) is 0. The molecule has 7 heteroatoms. The second-order valence-corrected chi connectivity index (χ2v) is 4.31. The number of hydrogen-bond acceptors (Lipinski definition) is 6. The molecule has 3 N–H and O–H groups in total. The van der Waals surface area contributed by atoms with E-state index in [1.165, 1.54) is 0 Å². The summed E-state index contributed by atoms with van der Waals surface area (Å²) in [7, 11) is 0. The summed E-state index contributed by atoms with van der Waals surface area (Å²) < 4.78 is 16.1. The van der Waals surface area contributed by atoms with E-state index in [1.807, 2.05) is 0 Å². The van der Waals surface area contributed by atoms with Crippen molar-refractivity contribution < 1.29 is 29.5 Å². The smallest absolute Gasteiger partial charge is 0.190 e. The summed E-state index contributed by atoms with van der Waals surface area (Å²) in [5.74, 6) is -0.786. The van der Waals surface area contributed by atoms with Crippen LogP contribution in [0.25, 0.3) is 0 Å². The minimum Gasteiger partial charge on any atom is -0.394 e. The highest BCUT2D eigenvalue weighted by Crippen LogP contribution is 2.38. The lowest BCUT2D eigenvalue weighted by atomic mass is 10.1. The Labute approximate surface area is 99.5 Å². The predicted molar refractivity (Wildman–Crippen MR) is 55.0 cm³/mol. The van der Waals surface area contributed by atoms with Gasteiger partial charge in [0, 0.05) is 0 Å². The normalized spacial score (nSPS) is 42.6. The molecule has 0 bridgehead atoms. The number of aliphatic hydroxyl groups excluding tert-OH is 3. The van der Waals surface area contributed by atoms with Crippen molar-refractivity contribution >= 4 is 12.4 Å². The Morgan fingerprint density at radius 3 is 2.44 bits per heavy atom. The van der Waals surface area contributed by atoms with Crippen LogP contribution in [0, 0.1) is 0 Å². The van der Waals surface area contributed by atoms with E-state index in [4.69, 9.17) is 19.3 Å². The van der Waals surface area contributed by atoms with Gasteiger partial charge in [-0.2, -0.15) is 0 Å². The number of aliphatic hydroxyl groups is 3. The standard InChI is InChI=1S/C9H16O6.ClH/c1-9(2)14-7-5(12)6(4(11)3-10)13-8(7)15-9;/h4-8,10-12H,3H2,1-2H3;1H/t4-,5+,6+,7-,8-;/m1./s1.